The van der Waals surface area contributed by atoms with E-state index in [2.05, 4.69) is 10.6 Å². The van der Waals surface area contributed by atoms with Crippen LogP contribution < -0.4 is 16.4 Å². The number of hydrogen-bond donors (Lipinski definition) is 3. The second kappa shape index (κ2) is 5.14. The number of anilines is 1. The molecule has 1 aromatic carbocycles. The van der Waals surface area contributed by atoms with Gasteiger partial charge in [0.15, 0.2) is 5.11 Å². The lowest BCUT2D eigenvalue weighted by Gasteiger charge is -2.09. The number of benzene rings is 1. The summed E-state index contributed by atoms with van der Waals surface area (Å²) in [6.45, 7) is 0. The predicted molar refractivity (Wildman–Crippen MR) is 71.7 cm³/mol. The molecular formula is C12H15N3OS. The molecule has 5 heteroatoms. The molecule has 1 aromatic rings. The van der Waals surface area contributed by atoms with Gasteiger partial charge in [-0.05, 0) is 42.8 Å². The van der Waals surface area contributed by atoms with E-state index in [0.29, 0.717) is 11.2 Å². The van der Waals surface area contributed by atoms with Crippen LogP contribution in [-0.4, -0.2) is 17.1 Å². The van der Waals surface area contributed by atoms with E-state index in [-0.39, 0.29) is 12.3 Å². The summed E-state index contributed by atoms with van der Waals surface area (Å²) in [5, 5.41) is 6.94. The van der Waals surface area contributed by atoms with Crippen molar-refractivity contribution in [2.24, 2.45) is 5.73 Å². The molecular weight excluding hydrogens is 234 g/mol. The zero-order chi connectivity index (χ0) is 12.3. The van der Waals surface area contributed by atoms with Crippen molar-refractivity contribution in [1.82, 2.24) is 5.32 Å². The van der Waals surface area contributed by atoms with Crippen LogP contribution in [0.1, 0.15) is 18.4 Å². The van der Waals surface area contributed by atoms with E-state index in [1.807, 2.05) is 24.3 Å². The highest BCUT2D eigenvalue weighted by Crippen LogP contribution is 2.19. The number of thiocarbonyl (C=S) groups is 1. The molecule has 0 atom stereocenters. The predicted octanol–water partition coefficient (Wildman–Crippen LogP) is 1.16. The van der Waals surface area contributed by atoms with Crippen molar-refractivity contribution in [3.05, 3.63) is 29.8 Å². The molecule has 1 aliphatic carbocycles. The topological polar surface area (TPSA) is 67.2 Å². The lowest BCUT2D eigenvalue weighted by molar-refractivity contribution is -0.117. The van der Waals surface area contributed by atoms with Crippen molar-refractivity contribution in [2.75, 3.05) is 5.32 Å². The summed E-state index contributed by atoms with van der Waals surface area (Å²) >= 11 is 5.16. The maximum Gasteiger partial charge on any atom is 0.221 e. The molecule has 0 aromatic heterocycles. The van der Waals surface area contributed by atoms with E-state index in [1.54, 1.807) is 0 Å². The van der Waals surface area contributed by atoms with Crippen LogP contribution in [0.15, 0.2) is 24.3 Å². The number of rotatable bonds is 4. The van der Waals surface area contributed by atoms with Crippen LogP contribution in [-0.2, 0) is 11.2 Å². The van der Waals surface area contributed by atoms with Gasteiger partial charge in [0.2, 0.25) is 5.91 Å². The standard InChI is InChI=1S/C12H15N3OS/c13-11(16)7-8-1-3-9(4-2-8)14-12(17)15-10-5-6-10/h1-4,10H,5-7H2,(H2,13,16)(H2,14,15,17). The summed E-state index contributed by atoms with van der Waals surface area (Å²) in [5.41, 5.74) is 6.94. The molecule has 0 aliphatic heterocycles. The molecule has 17 heavy (non-hydrogen) atoms. The number of nitrogens with one attached hydrogen (secondary N) is 2. The minimum Gasteiger partial charge on any atom is -0.369 e. The average molecular weight is 249 g/mol. The number of hydrogen-bond acceptors (Lipinski definition) is 2. The van der Waals surface area contributed by atoms with E-state index in [1.165, 1.54) is 12.8 Å². The molecule has 0 saturated heterocycles. The Morgan fingerprint density at radius 1 is 1.35 bits per heavy atom. The van der Waals surface area contributed by atoms with Crippen LogP contribution in [0.25, 0.3) is 0 Å². The maximum absolute atomic E-state index is 10.7. The summed E-state index contributed by atoms with van der Waals surface area (Å²) in [4.78, 5) is 10.7. The van der Waals surface area contributed by atoms with E-state index in [4.69, 9.17) is 18.0 Å². The van der Waals surface area contributed by atoms with Gasteiger partial charge in [-0.1, -0.05) is 12.1 Å². The number of amides is 1. The molecule has 0 heterocycles. The first-order chi connectivity index (χ1) is 8.13. The summed E-state index contributed by atoms with van der Waals surface area (Å²) < 4.78 is 0. The molecule has 0 unspecified atom stereocenters. The Bertz CT molecular complexity index is 426. The second-order valence-corrected chi connectivity index (χ2v) is 4.62. The van der Waals surface area contributed by atoms with Gasteiger partial charge in [0.25, 0.3) is 0 Å². The average Bonchev–Trinajstić information content (AvgIpc) is 3.04. The Hall–Kier alpha value is -1.62. The van der Waals surface area contributed by atoms with Crippen LogP contribution in [0.2, 0.25) is 0 Å². The van der Waals surface area contributed by atoms with Crippen LogP contribution in [0.5, 0.6) is 0 Å². The first-order valence-corrected chi connectivity index (χ1v) is 5.99. The lowest BCUT2D eigenvalue weighted by atomic mass is 10.1. The van der Waals surface area contributed by atoms with Gasteiger partial charge < -0.3 is 16.4 Å². The monoisotopic (exact) mass is 249 g/mol. The number of carbonyl (C=O) groups is 1. The fraction of sp³-hybridized carbons (Fsp3) is 0.333. The highest BCUT2D eigenvalue weighted by molar-refractivity contribution is 7.80. The number of primary amides is 1. The quantitative estimate of drug-likeness (QED) is 0.701. The fourth-order valence-corrected chi connectivity index (χ4v) is 1.77. The van der Waals surface area contributed by atoms with E-state index < -0.39 is 0 Å². The van der Waals surface area contributed by atoms with Crippen molar-refractivity contribution >= 4 is 28.9 Å². The van der Waals surface area contributed by atoms with Crippen LogP contribution in [0.3, 0.4) is 0 Å². The first kappa shape index (κ1) is 11.9. The Labute approximate surface area is 106 Å². The van der Waals surface area contributed by atoms with Gasteiger partial charge in [-0.25, -0.2) is 0 Å². The Morgan fingerprint density at radius 2 is 2.00 bits per heavy atom. The van der Waals surface area contributed by atoms with Gasteiger partial charge >= 0.3 is 0 Å². The van der Waals surface area contributed by atoms with Crippen molar-refractivity contribution in [3.8, 4) is 0 Å². The third-order valence-electron chi connectivity index (χ3n) is 2.50. The molecule has 0 bridgehead atoms. The van der Waals surface area contributed by atoms with Gasteiger partial charge in [-0.3, -0.25) is 4.79 Å². The summed E-state index contributed by atoms with van der Waals surface area (Å²) in [5.74, 6) is -0.323. The Balaban J connectivity index is 1.88. The molecule has 2 rings (SSSR count). The minimum absolute atomic E-state index is 0.269. The van der Waals surface area contributed by atoms with E-state index in [9.17, 15) is 4.79 Å². The van der Waals surface area contributed by atoms with E-state index in [0.717, 1.165) is 11.3 Å². The number of nitrogens with two attached hydrogens (primary N) is 1. The largest absolute Gasteiger partial charge is 0.369 e. The molecule has 4 nitrogen and oxygen atoms in total. The van der Waals surface area contributed by atoms with Crippen molar-refractivity contribution in [1.29, 1.82) is 0 Å². The van der Waals surface area contributed by atoms with Gasteiger partial charge in [0, 0.05) is 11.7 Å². The van der Waals surface area contributed by atoms with Gasteiger partial charge in [-0.15, -0.1) is 0 Å². The third-order valence-corrected chi connectivity index (χ3v) is 2.72. The van der Waals surface area contributed by atoms with Crippen molar-refractivity contribution in [3.63, 3.8) is 0 Å². The third kappa shape index (κ3) is 4.03. The zero-order valence-electron chi connectivity index (χ0n) is 9.40. The molecule has 1 amide bonds. The molecule has 1 fully saturated rings. The Morgan fingerprint density at radius 3 is 2.53 bits per heavy atom. The normalized spacial score (nSPS) is 14.1. The van der Waals surface area contributed by atoms with Crippen LogP contribution in [0.4, 0.5) is 5.69 Å². The number of carbonyl (C=O) groups excluding carboxylic acids is 1. The van der Waals surface area contributed by atoms with E-state index >= 15 is 0 Å². The SMILES string of the molecule is NC(=O)Cc1ccc(NC(=S)NC2CC2)cc1. The van der Waals surface area contributed by atoms with Crippen molar-refractivity contribution < 1.29 is 4.79 Å². The summed E-state index contributed by atoms with van der Waals surface area (Å²) in [7, 11) is 0. The smallest absolute Gasteiger partial charge is 0.221 e. The van der Waals surface area contributed by atoms with Crippen LogP contribution >= 0.6 is 12.2 Å². The summed E-state index contributed by atoms with van der Waals surface area (Å²) in [6, 6.07) is 8.06. The highest BCUT2D eigenvalue weighted by Gasteiger charge is 2.21. The van der Waals surface area contributed by atoms with Crippen molar-refractivity contribution in [2.45, 2.75) is 25.3 Å². The van der Waals surface area contributed by atoms with Gasteiger partial charge in [-0.2, -0.15) is 0 Å². The Kier molecular flexibility index (Phi) is 3.58. The first-order valence-electron chi connectivity index (χ1n) is 5.58. The molecule has 1 aliphatic rings. The molecule has 0 spiro atoms. The maximum atomic E-state index is 10.7. The highest BCUT2D eigenvalue weighted by atomic mass is 32.1. The zero-order valence-corrected chi connectivity index (χ0v) is 10.2. The van der Waals surface area contributed by atoms with Gasteiger partial charge in [0.1, 0.15) is 0 Å². The van der Waals surface area contributed by atoms with Crippen LogP contribution in [0, 0.1) is 0 Å². The lowest BCUT2D eigenvalue weighted by Crippen LogP contribution is -2.30. The second-order valence-electron chi connectivity index (χ2n) is 4.21. The molecule has 90 valence electrons. The summed E-state index contributed by atoms with van der Waals surface area (Å²) in [6.07, 6.45) is 2.66. The minimum atomic E-state index is -0.323. The molecule has 0 radical (unpaired) electrons. The molecule has 1 saturated carbocycles. The fourth-order valence-electron chi connectivity index (χ4n) is 1.49. The van der Waals surface area contributed by atoms with Gasteiger partial charge in [0.05, 0.1) is 6.42 Å². The molecule has 4 N–H and O–H groups in total.